The van der Waals surface area contributed by atoms with Gasteiger partial charge in [0.15, 0.2) is 14.6 Å². The van der Waals surface area contributed by atoms with E-state index in [4.69, 9.17) is 19.4 Å². The van der Waals surface area contributed by atoms with Crippen molar-refractivity contribution in [3.63, 3.8) is 0 Å². The number of carbonyl (C=O) groups is 1. The number of amides is 1. The zero-order valence-corrected chi connectivity index (χ0v) is 20.6. The first-order valence-corrected chi connectivity index (χ1v) is 12.7. The van der Waals surface area contributed by atoms with Crippen LogP contribution in [0, 0.1) is 0 Å². The zero-order chi connectivity index (χ0) is 26.6. The average molecular weight is 532 g/mol. The molecule has 198 valence electrons. The number of carbonyl (C=O) groups excluding carboxylic acids is 1. The number of hydroxylamine groups is 1. The van der Waals surface area contributed by atoms with E-state index in [-0.39, 0.29) is 55.0 Å². The highest BCUT2D eigenvalue weighted by Crippen LogP contribution is 2.40. The van der Waals surface area contributed by atoms with Gasteiger partial charge in [-0.25, -0.2) is 13.9 Å². The van der Waals surface area contributed by atoms with Gasteiger partial charge in [0.2, 0.25) is 0 Å². The third-order valence-electron chi connectivity index (χ3n) is 6.30. The highest BCUT2D eigenvalue weighted by atomic mass is 32.2. The number of hydrogen-bond acceptors (Lipinski definition) is 7. The fourth-order valence-electron chi connectivity index (χ4n) is 3.98. The molecule has 0 saturated carbocycles. The van der Waals surface area contributed by atoms with Crippen molar-refractivity contribution in [2.75, 3.05) is 26.9 Å². The minimum absolute atomic E-state index is 0.0176. The SMILES string of the molecule is COC(C)CCOc1ccc(-c2ccc(S(=O)(=O)C3(C(=O)NO)CCOCC3)cc2)cc1C(F)(F)F. The third-order valence-corrected chi connectivity index (χ3v) is 8.81. The molecule has 36 heavy (non-hydrogen) atoms. The standard InChI is InChI=1S/C24H28F3NO7S/c1-16(33-2)9-12-35-21-8-5-18(15-20(21)24(25,26)27)17-3-6-19(7-4-17)36(31,32)23(22(29)28-30)10-13-34-14-11-23/h3-8,15-16,30H,9-14H2,1-2H3,(H,28,29). The van der Waals surface area contributed by atoms with Gasteiger partial charge in [-0.05, 0) is 55.2 Å². The number of halogens is 3. The largest absolute Gasteiger partial charge is 0.493 e. The Hall–Kier alpha value is -2.67. The number of alkyl halides is 3. The Morgan fingerprint density at radius 3 is 2.31 bits per heavy atom. The lowest BCUT2D eigenvalue weighted by atomic mass is 9.98. The summed E-state index contributed by atoms with van der Waals surface area (Å²) in [6, 6.07) is 8.82. The molecule has 0 radical (unpaired) electrons. The molecule has 1 fully saturated rings. The summed E-state index contributed by atoms with van der Waals surface area (Å²) in [6.07, 6.45) is -4.73. The highest BCUT2D eigenvalue weighted by molar-refractivity contribution is 7.93. The summed E-state index contributed by atoms with van der Waals surface area (Å²) in [6.45, 7) is 1.85. The molecule has 2 aromatic rings. The maximum atomic E-state index is 13.7. The molecular formula is C24H28F3NO7S. The van der Waals surface area contributed by atoms with Gasteiger partial charge < -0.3 is 14.2 Å². The molecule has 0 bridgehead atoms. The lowest BCUT2D eigenvalue weighted by Gasteiger charge is -2.34. The van der Waals surface area contributed by atoms with Gasteiger partial charge in [-0.2, -0.15) is 13.2 Å². The minimum atomic E-state index is -4.67. The molecule has 0 spiro atoms. The van der Waals surface area contributed by atoms with Gasteiger partial charge in [-0.15, -0.1) is 0 Å². The van der Waals surface area contributed by atoms with E-state index >= 15 is 0 Å². The van der Waals surface area contributed by atoms with Crippen LogP contribution in [0.1, 0.15) is 31.7 Å². The molecule has 2 aromatic carbocycles. The van der Waals surface area contributed by atoms with Crippen LogP contribution in [-0.2, 0) is 30.3 Å². The van der Waals surface area contributed by atoms with Crippen molar-refractivity contribution >= 4 is 15.7 Å². The van der Waals surface area contributed by atoms with Gasteiger partial charge in [-0.3, -0.25) is 10.0 Å². The van der Waals surface area contributed by atoms with E-state index in [1.165, 1.54) is 49.0 Å². The van der Waals surface area contributed by atoms with Crippen LogP contribution in [-0.4, -0.2) is 57.3 Å². The fraction of sp³-hybridized carbons (Fsp3) is 0.458. The Labute approximate surface area is 207 Å². The molecule has 12 heteroatoms. The number of ether oxygens (including phenoxy) is 3. The van der Waals surface area contributed by atoms with Crippen LogP contribution < -0.4 is 10.2 Å². The van der Waals surface area contributed by atoms with Crippen molar-refractivity contribution < 1.29 is 45.8 Å². The van der Waals surface area contributed by atoms with Crippen LogP contribution in [0.2, 0.25) is 0 Å². The summed E-state index contributed by atoms with van der Waals surface area (Å²) in [5.74, 6) is -1.37. The quantitative estimate of drug-likeness (QED) is 0.372. The Bertz CT molecular complexity index is 1160. The number of nitrogens with one attached hydrogen (secondary N) is 1. The summed E-state index contributed by atoms with van der Waals surface area (Å²) < 4.78 is 81.6. The molecule has 1 saturated heterocycles. The first-order chi connectivity index (χ1) is 17.0. The van der Waals surface area contributed by atoms with Crippen LogP contribution in [0.3, 0.4) is 0 Å². The number of sulfone groups is 1. The maximum Gasteiger partial charge on any atom is 0.419 e. The van der Waals surface area contributed by atoms with Gasteiger partial charge in [0.1, 0.15) is 5.75 Å². The van der Waals surface area contributed by atoms with Crippen molar-refractivity contribution in [1.82, 2.24) is 5.48 Å². The molecule has 0 aromatic heterocycles. The molecule has 1 heterocycles. The van der Waals surface area contributed by atoms with Gasteiger partial charge >= 0.3 is 6.18 Å². The summed E-state index contributed by atoms with van der Waals surface area (Å²) >= 11 is 0. The zero-order valence-electron chi connectivity index (χ0n) is 19.8. The second-order valence-electron chi connectivity index (χ2n) is 8.47. The Morgan fingerprint density at radius 1 is 1.14 bits per heavy atom. The van der Waals surface area contributed by atoms with Gasteiger partial charge in [0, 0.05) is 26.7 Å². The fourth-order valence-corrected chi connectivity index (χ4v) is 5.92. The molecule has 1 amide bonds. The molecule has 1 unspecified atom stereocenters. The van der Waals surface area contributed by atoms with E-state index in [2.05, 4.69) is 0 Å². The lowest BCUT2D eigenvalue weighted by molar-refractivity contribution is -0.139. The van der Waals surface area contributed by atoms with Crippen LogP contribution in [0.15, 0.2) is 47.4 Å². The maximum absolute atomic E-state index is 13.7. The molecule has 0 aliphatic carbocycles. The Balaban J connectivity index is 1.91. The first kappa shape index (κ1) is 27.9. The highest BCUT2D eigenvalue weighted by Gasteiger charge is 2.52. The molecular weight excluding hydrogens is 503 g/mol. The smallest absolute Gasteiger partial charge is 0.419 e. The van der Waals surface area contributed by atoms with Crippen LogP contribution in [0.25, 0.3) is 11.1 Å². The average Bonchev–Trinajstić information content (AvgIpc) is 2.88. The minimum Gasteiger partial charge on any atom is -0.493 e. The van der Waals surface area contributed by atoms with E-state index in [0.29, 0.717) is 12.0 Å². The Kier molecular flexibility index (Phi) is 8.65. The number of methoxy groups -OCH3 is 1. The Morgan fingerprint density at radius 2 is 1.75 bits per heavy atom. The molecule has 1 atom stereocenters. The number of benzene rings is 2. The molecule has 1 aliphatic rings. The first-order valence-electron chi connectivity index (χ1n) is 11.2. The molecule has 3 rings (SSSR count). The second-order valence-corrected chi connectivity index (χ2v) is 10.7. The summed E-state index contributed by atoms with van der Waals surface area (Å²) in [4.78, 5) is 12.2. The van der Waals surface area contributed by atoms with Crippen LogP contribution in [0.5, 0.6) is 5.75 Å². The van der Waals surface area contributed by atoms with E-state index in [0.717, 1.165) is 6.07 Å². The van der Waals surface area contributed by atoms with Crippen molar-refractivity contribution in [2.24, 2.45) is 0 Å². The van der Waals surface area contributed by atoms with Gasteiger partial charge in [-0.1, -0.05) is 18.2 Å². The van der Waals surface area contributed by atoms with E-state index < -0.39 is 32.2 Å². The molecule has 2 N–H and O–H groups in total. The van der Waals surface area contributed by atoms with E-state index in [9.17, 15) is 26.4 Å². The van der Waals surface area contributed by atoms with Crippen molar-refractivity contribution in [2.45, 2.75) is 48.1 Å². The second kappa shape index (κ2) is 11.2. The predicted octanol–water partition coefficient (Wildman–Crippen LogP) is 4.00. The van der Waals surface area contributed by atoms with Crippen molar-refractivity contribution in [3.05, 3.63) is 48.0 Å². The van der Waals surface area contributed by atoms with E-state index in [1.807, 2.05) is 0 Å². The van der Waals surface area contributed by atoms with Crippen LogP contribution in [0.4, 0.5) is 13.2 Å². The third kappa shape index (κ3) is 5.66. The van der Waals surface area contributed by atoms with Crippen molar-refractivity contribution in [3.8, 4) is 16.9 Å². The van der Waals surface area contributed by atoms with Crippen LogP contribution >= 0.6 is 0 Å². The normalized spacial score (nSPS) is 16.8. The van der Waals surface area contributed by atoms with Gasteiger partial charge in [0.05, 0.1) is 23.2 Å². The predicted molar refractivity (Wildman–Crippen MR) is 123 cm³/mol. The lowest BCUT2D eigenvalue weighted by Crippen LogP contribution is -2.54. The molecule has 1 aliphatic heterocycles. The van der Waals surface area contributed by atoms with Crippen molar-refractivity contribution in [1.29, 1.82) is 0 Å². The number of hydrogen-bond donors (Lipinski definition) is 2. The number of rotatable bonds is 9. The monoisotopic (exact) mass is 531 g/mol. The molecule has 8 nitrogen and oxygen atoms in total. The summed E-state index contributed by atoms with van der Waals surface area (Å²) in [7, 11) is -2.75. The summed E-state index contributed by atoms with van der Waals surface area (Å²) in [5.41, 5.74) is 1.03. The van der Waals surface area contributed by atoms with Gasteiger partial charge in [0.25, 0.3) is 5.91 Å². The van der Waals surface area contributed by atoms with E-state index in [1.54, 1.807) is 6.92 Å². The summed E-state index contributed by atoms with van der Waals surface area (Å²) in [5, 5.41) is 9.15. The topological polar surface area (TPSA) is 111 Å².